The topological polar surface area (TPSA) is 35.0 Å². The summed E-state index contributed by atoms with van der Waals surface area (Å²) < 4.78 is 5.68. The summed E-state index contributed by atoms with van der Waals surface area (Å²) in [6.45, 7) is 0.479. The van der Waals surface area contributed by atoms with E-state index in [-0.39, 0.29) is 0 Å². The van der Waals surface area contributed by atoms with Gasteiger partial charge in [0.1, 0.15) is 6.61 Å². The number of nitrogens with zero attached hydrogens (tertiary/aromatic N) is 2. The lowest BCUT2D eigenvalue weighted by atomic mass is 9.96. The van der Waals surface area contributed by atoms with Crippen molar-refractivity contribution in [1.82, 2.24) is 9.97 Å². The van der Waals surface area contributed by atoms with Gasteiger partial charge >= 0.3 is 0 Å². The molecule has 0 fully saturated rings. The van der Waals surface area contributed by atoms with Crippen molar-refractivity contribution < 1.29 is 4.74 Å². The zero-order valence-electron chi connectivity index (χ0n) is 10.3. The number of ether oxygens (including phenoxy) is 1. The van der Waals surface area contributed by atoms with Crippen molar-refractivity contribution in [3.63, 3.8) is 0 Å². The number of rotatable bonds is 3. The Morgan fingerprint density at radius 3 is 2.89 bits per heavy atom. The summed E-state index contributed by atoms with van der Waals surface area (Å²) in [5.74, 6) is 0.710. The van der Waals surface area contributed by atoms with Gasteiger partial charge in [-0.15, -0.1) is 0 Å². The first-order valence-corrected chi connectivity index (χ1v) is 6.43. The molecule has 2 heterocycles. The maximum absolute atomic E-state index is 5.68. The molecule has 0 spiro atoms. The van der Waals surface area contributed by atoms with Gasteiger partial charge in [-0.3, -0.25) is 4.98 Å². The van der Waals surface area contributed by atoms with Gasteiger partial charge in [-0.2, -0.15) is 0 Å². The van der Waals surface area contributed by atoms with Crippen LogP contribution in [0, 0.1) is 0 Å². The van der Waals surface area contributed by atoms with E-state index in [4.69, 9.17) is 4.74 Å². The minimum absolute atomic E-state index is 0.479. The quantitative estimate of drug-likeness (QED) is 0.827. The molecule has 0 bridgehead atoms. The summed E-state index contributed by atoms with van der Waals surface area (Å²) in [5.41, 5.74) is 3.52. The molecule has 0 radical (unpaired) electrons. The van der Waals surface area contributed by atoms with E-state index < -0.39 is 0 Å². The van der Waals surface area contributed by atoms with Gasteiger partial charge in [-0.1, -0.05) is 12.1 Å². The fourth-order valence-corrected chi connectivity index (χ4v) is 2.27. The molecule has 3 heteroatoms. The van der Waals surface area contributed by atoms with Crippen molar-refractivity contribution in [3.8, 4) is 5.88 Å². The van der Waals surface area contributed by atoms with E-state index in [1.54, 1.807) is 6.20 Å². The molecule has 0 amide bonds. The predicted molar refractivity (Wildman–Crippen MR) is 69.4 cm³/mol. The summed E-state index contributed by atoms with van der Waals surface area (Å²) in [4.78, 5) is 8.81. The molecule has 1 aliphatic rings. The van der Waals surface area contributed by atoms with Crippen molar-refractivity contribution in [2.45, 2.75) is 32.3 Å². The molecule has 0 aromatic carbocycles. The average Bonchev–Trinajstić information content (AvgIpc) is 2.46. The summed E-state index contributed by atoms with van der Waals surface area (Å²) >= 11 is 0. The van der Waals surface area contributed by atoms with Gasteiger partial charge in [0.05, 0.1) is 5.69 Å². The smallest absolute Gasteiger partial charge is 0.213 e. The van der Waals surface area contributed by atoms with Crippen LogP contribution in [0.2, 0.25) is 0 Å². The highest BCUT2D eigenvalue weighted by atomic mass is 16.5. The number of aromatic nitrogens is 2. The molecule has 1 aliphatic carbocycles. The van der Waals surface area contributed by atoms with Crippen LogP contribution in [0.15, 0.2) is 36.5 Å². The minimum atomic E-state index is 0.479. The fourth-order valence-electron chi connectivity index (χ4n) is 2.27. The van der Waals surface area contributed by atoms with Crippen LogP contribution in [-0.2, 0) is 19.4 Å². The number of pyridine rings is 2. The van der Waals surface area contributed by atoms with E-state index in [0.29, 0.717) is 12.5 Å². The Kier molecular flexibility index (Phi) is 3.22. The third kappa shape index (κ3) is 2.50. The summed E-state index contributed by atoms with van der Waals surface area (Å²) in [5, 5.41) is 0. The fraction of sp³-hybridized carbons (Fsp3) is 0.333. The molecule has 0 saturated heterocycles. The SMILES string of the molecule is c1ccc(COc2ccc3c(n2)CCCC3)nc1. The Balaban J connectivity index is 1.70. The van der Waals surface area contributed by atoms with Crippen molar-refractivity contribution >= 4 is 0 Å². The van der Waals surface area contributed by atoms with Crippen molar-refractivity contribution in [2.24, 2.45) is 0 Å². The maximum atomic E-state index is 5.68. The number of aryl methyl sites for hydroxylation is 2. The van der Waals surface area contributed by atoms with E-state index in [1.165, 1.54) is 24.1 Å². The number of hydrogen-bond acceptors (Lipinski definition) is 3. The van der Waals surface area contributed by atoms with E-state index in [0.717, 1.165) is 18.5 Å². The standard InChI is InChI=1S/C15H16N2O/c1-2-7-14-12(5-1)8-9-15(17-14)18-11-13-6-3-4-10-16-13/h3-4,6,8-10H,1-2,5,7,11H2. The zero-order chi connectivity index (χ0) is 12.2. The lowest BCUT2D eigenvalue weighted by Gasteiger charge is -2.15. The van der Waals surface area contributed by atoms with Crippen LogP contribution in [0.5, 0.6) is 5.88 Å². The maximum Gasteiger partial charge on any atom is 0.213 e. The van der Waals surface area contributed by atoms with Crippen LogP contribution >= 0.6 is 0 Å². The van der Waals surface area contributed by atoms with Crippen molar-refractivity contribution in [3.05, 3.63) is 53.5 Å². The predicted octanol–water partition coefficient (Wildman–Crippen LogP) is 2.93. The Morgan fingerprint density at radius 1 is 1.06 bits per heavy atom. The molecule has 0 saturated carbocycles. The van der Waals surface area contributed by atoms with Crippen LogP contribution in [0.25, 0.3) is 0 Å². The second kappa shape index (κ2) is 5.17. The normalized spacial score (nSPS) is 14.0. The second-order valence-corrected chi connectivity index (χ2v) is 4.57. The van der Waals surface area contributed by atoms with E-state index >= 15 is 0 Å². The molecule has 2 aromatic rings. The summed E-state index contributed by atoms with van der Waals surface area (Å²) in [7, 11) is 0. The Bertz CT molecular complexity index is 525. The molecule has 3 rings (SSSR count). The van der Waals surface area contributed by atoms with E-state index in [9.17, 15) is 0 Å². The van der Waals surface area contributed by atoms with Gasteiger partial charge in [0.25, 0.3) is 0 Å². The van der Waals surface area contributed by atoms with E-state index in [1.807, 2.05) is 24.3 Å². The average molecular weight is 240 g/mol. The van der Waals surface area contributed by atoms with Gasteiger partial charge in [0, 0.05) is 18.0 Å². The van der Waals surface area contributed by atoms with Gasteiger partial charge in [-0.25, -0.2) is 4.98 Å². The molecular weight excluding hydrogens is 224 g/mol. The molecule has 18 heavy (non-hydrogen) atoms. The highest BCUT2D eigenvalue weighted by molar-refractivity contribution is 5.27. The molecule has 0 unspecified atom stereocenters. The van der Waals surface area contributed by atoms with Crippen molar-refractivity contribution in [1.29, 1.82) is 0 Å². The molecule has 0 N–H and O–H groups in total. The van der Waals surface area contributed by atoms with Gasteiger partial charge in [0.2, 0.25) is 5.88 Å². The monoisotopic (exact) mass is 240 g/mol. The second-order valence-electron chi connectivity index (χ2n) is 4.57. The Labute approximate surface area is 107 Å². The van der Waals surface area contributed by atoms with Crippen LogP contribution < -0.4 is 4.74 Å². The summed E-state index contributed by atoms with van der Waals surface area (Å²) in [6, 6.07) is 9.94. The lowest BCUT2D eigenvalue weighted by molar-refractivity contribution is 0.288. The van der Waals surface area contributed by atoms with Crippen LogP contribution in [0.4, 0.5) is 0 Å². The first kappa shape index (κ1) is 11.2. The van der Waals surface area contributed by atoms with Gasteiger partial charge < -0.3 is 4.74 Å². The third-order valence-electron chi connectivity index (χ3n) is 3.25. The van der Waals surface area contributed by atoms with E-state index in [2.05, 4.69) is 16.0 Å². The van der Waals surface area contributed by atoms with Crippen molar-refractivity contribution in [2.75, 3.05) is 0 Å². The first-order chi connectivity index (χ1) is 8.92. The molecule has 92 valence electrons. The largest absolute Gasteiger partial charge is 0.471 e. The third-order valence-corrected chi connectivity index (χ3v) is 3.25. The Hall–Kier alpha value is -1.90. The number of fused-ring (bicyclic) bond motifs is 1. The summed E-state index contributed by atoms with van der Waals surface area (Å²) in [6.07, 6.45) is 6.53. The highest BCUT2D eigenvalue weighted by Crippen LogP contribution is 2.22. The van der Waals surface area contributed by atoms with Crippen LogP contribution in [-0.4, -0.2) is 9.97 Å². The molecular formula is C15H16N2O. The molecule has 3 nitrogen and oxygen atoms in total. The molecule has 2 aromatic heterocycles. The molecule has 0 aliphatic heterocycles. The number of hydrogen-bond donors (Lipinski definition) is 0. The first-order valence-electron chi connectivity index (χ1n) is 6.43. The lowest BCUT2D eigenvalue weighted by Crippen LogP contribution is -2.07. The minimum Gasteiger partial charge on any atom is -0.471 e. The molecule has 0 atom stereocenters. The highest BCUT2D eigenvalue weighted by Gasteiger charge is 2.11. The zero-order valence-corrected chi connectivity index (χ0v) is 10.3. The van der Waals surface area contributed by atoms with Crippen LogP contribution in [0.3, 0.4) is 0 Å². The Morgan fingerprint density at radius 2 is 2.00 bits per heavy atom. The van der Waals surface area contributed by atoms with Gasteiger partial charge in [-0.05, 0) is 43.4 Å². The van der Waals surface area contributed by atoms with Crippen LogP contribution in [0.1, 0.15) is 29.8 Å². The van der Waals surface area contributed by atoms with Gasteiger partial charge in [0.15, 0.2) is 0 Å².